The molecule has 3 aromatic rings. The Morgan fingerprint density at radius 3 is 2.86 bits per heavy atom. The Kier molecular flexibility index (Phi) is 4.89. The largest absolute Gasteiger partial charge is 0.473 e. The molecule has 0 spiro atoms. The van der Waals surface area contributed by atoms with Crippen LogP contribution in [-0.4, -0.2) is 70.6 Å². The van der Waals surface area contributed by atoms with Crippen molar-refractivity contribution in [3.8, 4) is 5.88 Å². The van der Waals surface area contributed by atoms with Crippen molar-refractivity contribution in [3.63, 3.8) is 0 Å². The van der Waals surface area contributed by atoms with Crippen LogP contribution in [0.3, 0.4) is 0 Å². The molecule has 2 saturated heterocycles. The minimum Gasteiger partial charge on any atom is -0.473 e. The molecule has 9 nitrogen and oxygen atoms in total. The first-order valence-corrected chi connectivity index (χ1v) is 10.1. The van der Waals surface area contributed by atoms with Crippen molar-refractivity contribution in [1.29, 1.82) is 0 Å². The lowest BCUT2D eigenvalue weighted by Gasteiger charge is -2.36. The number of piperidine rings is 1. The van der Waals surface area contributed by atoms with Crippen LogP contribution in [0.2, 0.25) is 0 Å². The number of nitrogens with zero attached hydrogens (tertiary/aromatic N) is 6. The van der Waals surface area contributed by atoms with Gasteiger partial charge in [-0.05, 0) is 12.1 Å². The van der Waals surface area contributed by atoms with Crippen LogP contribution >= 0.6 is 0 Å². The Morgan fingerprint density at radius 2 is 2.07 bits per heavy atom. The van der Waals surface area contributed by atoms with Crippen molar-refractivity contribution in [2.45, 2.75) is 19.4 Å². The molecular weight excluding hydrogens is 370 g/mol. The first-order valence-electron chi connectivity index (χ1n) is 10.1. The average molecular weight is 395 g/mol. The van der Waals surface area contributed by atoms with E-state index >= 15 is 0 Å². The molecule has 3 aromatic heterocycles. The molecule has 0 unspecified atom stereocenters. The maximum atomic E-state index is 6.50. The average Bonchev–Trinajstić information content (AvgIpc) is 3.30. The Hall–Kier alpha value is -2.94. The fourth-order valence-electron chi connectivity index (χ4n) is 4.06. The van der Waals surface area contributed by atoms with Gasteiger partial charge in [0.25, 0.3) is 0 Å². The zero-order valence-electron chi connectivity index (χ0n) is 16.5. The third-order valence-corrected chi connectivity index (χ3v) is 5.68. The van der Waals surface area contributed by atoms with Gasteiger partial charge in [0, 0.05) is 50.8 Å². The standard InChI is InChI=1S/C20H25N7O2/c1-14-12-27(20-22-13-23-25-20)6-4-17(14)29-19-15-3-2-5-21-16(15)11-18(24-19)26-7-9-28-10-8-26/h2-3,5,11,13-14,17H,4,6-10,12H2,1H3,(H,22,23,25)/t14-,17-/m1/s1. The van der Waals surface area contributed by atoms with Crippen LogP contribution in [0.4, 0.5) is 11.8 Å². The molecule has 152 valence electrons. The first kappa shape index (κ1) is 18.1. The molecule has 0 saturated carbocycles. The van der Waals surface area contributed by atoms with Gasteiger partial charge in [-0.2, -0.15) is 15.1 Å². The van der Waals surface area contributed by atoms with E-state index in [1.54, 1.807) is 6.33 Å². The Morgan fingerprint density at radius 1 is 1.17 bits per heavy atom. The molecule has 2 atom stereocenters. The van der Waals surface area contributed by atoms with Crippen molar-refractivity contribution < 1.29 is 9.47 Å². The smallest absolute Gasteiger partial charge is 0.225 e. The normalized spacial score (nSPS) is 22.8. The monoisotopic (exact) mass is 395 g/mol. The summed E-state index contributed by atoms with van der Waals surface area (Å²) in [6, 6.07) is 6.01. The topological polar surface area (TPSA) is 92.3 Å². The van der Waals surface area contributed by atoms with Crippen LogP contribution in [0.15, 0.2) is 30.7 Å². The number of rotatable bonds is 4. The Bertz CT molecular complexity index is 959. The van der Waals surface area contributed by atoms with Crippen LogP contribution in [0.25, 0.3) is 10.9 Å². The number of pyridine rings is 2. The summed E-state index contributed by atoms with van der Waals surface area (Å²) in [7, 11) is 0. The summed E-state index contributed by atoms with van der Waals surface area (Å²) < 4.78 is 12.0. The van der Waals surface area contributed by atoms with Gasteiger partial charge in [0.15, 0.2) is 0 Å². The van der Waals surface area contributed by atoms with Gasteiger partial charge in [-0.1, -0.05) is 6.92 Å². The molecule has 5 heterocycles. The molecule has 0 bridgehead atoms. The predicted molar refractivity (Wildman–Crippen MR) is 109 cm³/mol. The third-order valence-electron chi connectivity index (χ3n) is 5.68. The highest BCUT2D eigenvalue weighted by atomic mass is 16.5. The number of morpholine rings is 1. The molecule has 5 rings (SSSR count). The minimum absolute atomic E-state index is 0.0880. The van der Waals surface area contributed by atoms with Crippen molar-refractivity contribution in [1.82, 2.24) is 25.1 Å². The molecule has 1 N–H and O–H groups in total. The second kappa shape index (κ2) is 7.82. The molecule has 0 aliphatic carbocycles. The Balaban J connectivity index is 1.39. The number of fused-ring (bicyclic) bond motifs is 1. The number of H-pyrrole nitrogens is 1. The van der Waals surface area contributed by atoms with Gasteiger partial charge in [0.05, 0.1) is 24.1 Å². The number of anilines is 2. The van der Waals surface area contributed by atoms with Gasteiger partial charge >= 0.3 is 0 Å². The molecular formula is C20H25N7O2. The summed E-state index contributed by atoms with van der Waals surface area (Å²) >= 11 is 0. The van der Waals surface area contributed by atoms with Crippen molar-refractivity contribution in [3.05, 3.63) is 30.7 Å². The number of ether oxygens (including phenoxy) is 2. The third kappa shape index (κ3) is 3.69. The van der Waals surface area contributed by atoms with E-state index in [0.717, 1.165) is 68.5 Å². The first-order chi connectivity index (χ1) is 14.3. The van der Waals surface area contributed by atoms with E-state index in [-0.39, 0.29) is 6.10 Å². The van der Waals surface area contributed by atoms with Crippen molar-refractivity contribution in [2.24, 2.45) is 5.92 Å². The predicted octanol–water partition coefficient (Wildman–Crippen LogP) is 1.88. The van der Waals surface area contributed by atoms with Crippen LogP contribution in [-0.2, 0) is 4.74 Å². The number of nitrogens with one attached hydrogen (secondary N) is 1. The van der Waals surface area contributed by atoms with Crippen molar-refractivity contribution in [2.75, 3.05) is 49.2 Å². The zero-order valence-corrected chi connectivity index (χ0v) is 16.5. The lowest BCUT2D eigenvalue weighted by atomic mass is 9.96. The van der Waals surface area contributed by atoms with Gasteiger partial charge in [-0.25, -0.2) is 5.10 Å². The van der Waals surface area contributed by atoms with Gasteiger partial charge in [0.2, 0.25) is 11.8 Å². The number of aromatic nitrogens is 5. The number of aromatic amines is 1. The number of hydrogen-bond acceptors (Lipinski definition) is 8. The maximum Gasteiger partial charge on any atom is 0.225 e. The molecule has 0 amide bonds. The molecule has 29 heavy (non-hydrogen) atoms. The van der Waals surface area contributed by atoms with E-state index in [9.17, 15) is 0 Å². The summed E-state index contributed by atoms with van der Waals surface area (Å²) in [5.41, 5.74) is 0.908. The molecule has 2 aliphatic heterocycles. The van der Waals surface area contributed by atoms with E-state index in [0.29, 0.717) is 11.8 Å². The zero-order chi connectivity index (χ0) is 19.6. The summed E-state index contributed by atoms with van der Waals surface area (Å²) in [6.45, 7) is 7.03. The van der Waals surface area contributed by atoms with Gasteiger partial charge < -0.3 is 19.3 Å². The SMILES string of the molecule is C[C@@H]1CN(c2ncn[nH]2)CC[C@H]1Oc1nc(N2CCOCC2)cc2ncccc12. The lowest BCUT2D eigenvalue weighted by molar-refractivity contribution is 0.116. The maximum absolute atomic E-state index is 6.50. The molecule has 9 heteroatoms. The molecule has 2 fully saturated rings. The highest BCUT2D eigenvalue weighted by molar-refractivity contribution is 5.85. The van der Waals surface area contributed by atoms with E-state index in [4.69, 9.17) is 14.5 Å². The van der Waals surface area contributed by atoms with E-state index in [1.165, 1.54) is 0 Å². The van der Waals surface area contributed by atoms with E-state index in [1.807, 2.05) is 24.4 Å². The van der Waals surface area contributed by atoms with Crippen LogP contribution in [0.1, 0.15) is 13.3 Å². The van der Waals surface area contributed by atoms with Crippen molar-refractivity contribution >= 4 is 22.7 Å². The summed E-state index contributed by atoms with van der Waals surface area (Å²) in [6.07, 6.45) is 4.34. The van der Waals surface area contributed by atoms with Gasteiger partial charge in [-0.15, -0.1) is 0 Å². The molecule has 0 aromatic carbocycles. The van der Waals surface area contributed by atoms with Gasteiger partial charge in [0.1, 0.15) is 18.2 Å². The fourth-order valence-corrected chi connectivity index (χ4v) is 4.06. The fraction of sp³-hybridized carbons (Fsp3) is 0.500. The van der Waals surface area contributed by atoms with Crippen LogP contribution in [0.5, 0.6) is 5.88 Å². The second-order valence-corrected chi connectivity index (χ2v) is 7.63. The Labute approximate surface area is 169 Å². The highest BCUT2D eigenvalue weighted by Gasteiger charge is 2.30. The van der Waals surface area contributed by atoms with Gasteiger partial charge in [-0.3, -0.25) is 4.98 Å². The van der Waals surface area contributed by atoms with E-state index in [2.05, 4.69) is 36.9 Å². The number of hydrogen-bond donors (Lipinski definition) is 1. The minimum atomic E-state index is 0.0880. The lowest BCUT2D eigenvalue weighted by Crippen LogP contribution is -2.45. The second-order valence-electron chi connectivity index (χ2n) is 7.63. The highest BCUT2D eigenvalue weighted by Crippen LogP contribution is 2.31. The molecule has 2 aliphatic rings. The molecule has 0 radical (unpaired) electrons. The quantitative estimate of drug-likeness (QED) is 0.716. The summed E-state index contributed by atoms with van der Waals surface area (Å²) in [5, 5.41) is 7.86. The summed E-state index contributed by atoms with van der Waals surface area (Å²) in [5.74, 6) is 2.72. The summed E-state index contributed by atoms with van der Waals surface area (Å²) in [4.78, 5) is 18.2. The van der Waals surface area contributed by atoms with E-state index < -0.39 is 0 Å². The van der Waals surface area contributed by atoms with Crippen LogP contribution < -0.4 is 14.5 Å². The van der Waals surface area contributed by atoms with Crippen LogP contribution in [0, 0.1) is 5.92 Å².